The summed E-state index contributed by atoms with van der Waals surface area (Å²) in [6.07, 6.45) is 1.67. The maximum atomic E-state index is 6.04. The van der Waals surface area contributed by atoms with Crippen LogP contribution in [0.5, 0.6) is 0 Å². The summed E-state index contributed by atoms with van der Waals surface area (Å²) in [6.45, 7) is 1.97. The lowest BCUT2D eigenvalue weighted by Gasteiger charge is -2.43. The molecule has 0 heterocycles. The van der Waals surface area contributed by atoms with Crippen LogP contribution < -0.4 is 11.5 Å². The number of hydrogen-bond donors (Lipinski definition) is 2. The van der Waals surface area contributed by atoms with Gasteiger partial charge in [-0.25, -0.2) is 0 Å². The Hall–Kier alpha value is -0.160. The van der Waals surface area contributed by atoms with Crippen LogP contribution in [-0.4, -0.2) is 38.0 Å². The van der Waals surface area contributed by atoms with Crippen molar-refractivity contribution in [3.8, 4) is 0 Å². The van der Waals surface area contributed by atoms with Gasteiger partial charge in [0.25, 0.3) is 0 Å². The molecule has 0 radical (unpaired) electrons. The molecule has 1 aliphatic carbocycles. The van der Waals surface area contributed by atoms with Gasteiger partial charge in [-0.15, -0.1) is 0 Å². The molecule has 1 rings (SSSR count). The van der Waals surface area contributed by atoms with Gasteiger partial charge >= 0.3 is 0 Å². The standard InChI is InChI=1S/C9H20N2O2/c1-9(11)5-7(13-3)6(12-2)4-8(9)10/h6-8H,4-5,10-11H2,1-3H3. The number of methoxy groups -OCH3 is 2. The zero-order chi connectivity index (χ0) is 10.1. The first kappa shape index (κ1) is 10.9. The highest BCUT2D eigenvalue weighted by atomic mass is 16.5. The van der Waals surface area contributed by atoms with Gasteiger partial charge in [-0.1, -0.05) is 0 Å². The first-order valence-corrected chi connectivity index (χ1v) is 4.61. The fourth-order valence-corrected chi connectivity index (χ4v) is 1.87. The van der Waals surface area contributed by atoms with Crippen LogP contribution in [0.1, 0.15) is 19.8 Å². The van der Waals surface area contributed by atoms with E-state index in [1.165, 1.54) is 0 Å². The van der Waals surface area contributed by atoms with Crippen LogP contribution in [0.15, 0.2) is 0 Å². The molecule has 0 bridgehead atoms. The second-order valence-corrected chi connectivity index (χ2v) is 4.10. The molecule has 4 nitrogen and oxygen atoms in total. The Morgan fingerprint density at radius 1 is 1.23 bits per heavy atom. The monoisotopic (exact) mass is 188 g/mol. The molecule has 0 spiro atoms. The second-order valence-electron chi connectivity index (χ2n) is 4.10. The molecular formula is C9H20N2O2. The van der Waals surface area contributed by atoms with Crippen molar-refractivity contribution in [2.24, 2.45) is 11.5 Å². The zero-order valence-electron chi connectivity index (χ0n) is 8.62. The van der Waals surface area contributed by atoms with Gasteiger partial charge in [-0.2, -0.15) is 0 Å². The number of hydrogen-bond acceptors (Lipinski definition) is 4. The molecular weight excluding hydrogens is 168 g/mol. The van der Waals surface area contributed by atoms with E-state index in [0.717, 1.165) is 12.8 Å². The third-order valence-electron chi connectivity index (χ3n) is 2.99. The fraction of sp³-hybridized carbons (Fsp3) is 1.00. The maximum absolute atomic E-state index is 6.04. The lowest BCUT2D eigenvalue weighted by atomic mass is 9.77. The third-order valence-corrected chi connectivity index (χ3v) is 2.99. The van der Waals surface area contributed by atoms with Crippen molar-refractivity contribution in [1.82, 2.24) is 0 Å². The summed E-state index contributed by atoms with van der Waals surface area (Å²) in [5.41, 5.74) is 11.6. The molecule has 13 heavy (non-hydrogen) atoms. The topological polar surface area (TPSA) is 70.5 Å². The number of nitrogens with two attached hydrogens (primary N) is 2. The van der Waals surface area contributed by atoms with Crippen LogP contribution in [-0.2, 0) is 9.47 Å². The summed E-state index contributed by atoms with van der Waals surface area (Å²) in [7, 11) is 3.37. The van der Waals surface area contributed by atoms with Gasteiger partial charge in [-0.05, 0) is 19.8 Å². The van der Waals surface area contributed by atoms with Crippen molar-refractivity contribution in [2.45, 2.75) is 43.6 Å². The van der Waals surface area contributed by atoms with E-state index in [2.05, 4.69) is 0 Å². The molecule has 0 aromatic heterocycles. The molecule has 4 N–H and O–H groups in total. The minimum absolute atomic E-state index is 0.0103. The van der Waals surface area contributed by atoms with E-state index in [1.54, 1.807) is 14.2 Å². The zero-order valence-corrected chi connectivity index (χ0v) is 8.62. The molecule has 4 heteroatoms. The van der Waals surface area contributed by atoms with Gasteiger partial charge in [0.1, 0.15) is 0 Å². The van der Waals surface area contributed by atoms with E-state index in [4.69, 9.17) is 20.9 Å². The summed E-state index contributed by atoms with van der Waals surface area (Å²) >= 11 is 0. The molecule has 1 fully saturated rings. The SMILES string of the molecule is COC1CC(N)C(C)(N)CC1OC. The van der Waals surface area contributed by atoms with Gasteiger partial charge in [-0.3, -0.25) is 0 Å². The molecule has 4 unspecified atom stereocenters. The lowest BCUT2D eigenvalue weighted by molar-refractivity contribution is -0.0782. The summed E-state index contributed by atoms with van der Waals surface area (Å²) in [5.74, 6) is 0. The van der Waals surface area contributed by atoms with Crippen LogP contribution in [0.4, 0.5) is 0 Å². The van der Waals surface area contributed by atoms with Gasteiger partial charge in [0.2, 0.25) is 0 Å². The molecule has 4 atom stereocenters. The average Bonchev–Trinajstić information content (AvgIpc) is 2.08. The minimum atomic E-state index is -0.338. The Balaban J connectivity index is 2.66. The van der Waals surface area contributed by atoms with Gasteiger partial charge in [0.15, 0.2) is 0 Å². The molecule has 0 aliphatic heterocycles. The van der Waals surface area contributed by atoms with Gasteiger partial charge < -0.3 is 20.9 Å². The molecule has 78 valence electrons. The van der Waals surface area contributed by atoms with Crippen LogP contribution in [0.2, 0.25) is 0 Å². The van der Waals surface area contributed by atoms with Crippen molar-refractivity contribution in [3.63, 3.8) is 0 Å². The Bertz CT molecular complexity index is 173. The van der Waals surface area contributed by atoms with E-state index in [1.807, 2.05) is 6.92 Å². The average molecular weight is 188 g/mol. The molecule has 0 aromatic carbocycles. The Labute approximate surface area is 79.6 Å². The van der Waals surface area contributed by atoms with Crippen molar-refractivity contribution in [1.29, 1.82) is 0 Å². The molecule has 0 amide bonds. The van der Waals surface area contributed by atoms with Gasteiger partial charge in [0, 0.05) is 25.8 Å². The number of rotatable bonds is 2. The Morgan fingerprint density at radius 2 is 1.77 bits per heavy atom. The van der Waals surface area contributed by atoms with Crippen LogP contribution in [0.25, 0.3) is 0 Å². The smallest absolute Gasteiger partial charge is 0.0851 e. The highest BCUT2D eigenvalue weighted by Gasteiger charge is 2.41. The quantitative estimate of drug-likeness (QED) is 0.632. The fourth-order valence-electron chi connectivity index (χ4n) is 1.87. The first-order chi connectivity index (χ1) is 6.01. The molecule has 0 saturated heterocycles. The minimum Gasteiger partial charge on any atom is -0.379 e. The number of ether oxygens (including phenoxy) is 2. The summed E-state index contributed by atoms with van der Waals surface area (Å²) in [4.78, 5) is 0. The highest BCUT2D eigenvalue weighted by Crippen LogP contribution is 2.28. The van der Waals surface area contributed by atoms with E-state index in [0.29, 0.717) is 0 Å². The second kappa shape index (κ2) is 3.92. The van der Waals surface area contributed by atoms with E-state index < -0.39 is 0 Å². The summed E-state index contributed by atoms with van der Waals surface area (Å²) in [6, 6.07) is -0.0103. The van der Waals surface area contributed by atoms with Gasteiger partial charge in [0.05, 0.1) is 12.2 Å². The summed E-state index contributed by atoms with van der Waals surface area (Å²) < 4.78 is 10.6. The highest BCUT2D eigenvalue weighted by molar-refractivity contribution is 5.00. The molecule has 1 aliphatic rings. The van der Waals surface area contributed by atoms with Crippen molar-refractivity contribution < 1.29 is 9.47 Å². The lowest BCUT2D eigenvalue weighted by Crippen LogP contribution is -2.61. The van der Waals surface area contributed by atoms with E-state index in [-0.39, 0.29) is 23.8 Å². The molecule has 1 saturated carbocycles. The Kier molecular flexibility index (Phi) is 3.29. The van der Waals surface area contributed by atoms with E-state index >= 15 is 0 Å². The van der Waals surface area contributed by atoms with Crippen molar-refractivity contribution in [3.05, 3.63) is 0 Å². The maximum Gasteiger partial charge on any atom is 0.0851 e. The third kappa shape index (κ3) is 2.20. The van der Waals surface area contributed by atoms with Crippen LogP contribution in [0.3, 0.4) is 0 Å². The predicted molar refractivity (Wildman–Crippen MR) is 51.4 cm³/mol. The predicted octanol–water partition coefficient (Wildman–Crippen LogP) is -0.145. The van der Waals surface area contributed by atoms with Crippen molar-refractivity contribution in [2.75, 3.05) is 14.2 Å². The Morgan fingerprint density at radius 3 is 2.23 bits per heavy atom. The van der Waals surface area contributed by atoms with Crippen molar-refractivity contribution >= 4 is 0 Å². The summed E-state index contributed by atoms with van der Waals surface area (Å²) in [5, 5.41) is 0. The van der Waals surface area contributed by atoms with Crippen LogP contribution in [0, 0.1) is 0 Å². The largest absolute Gasteiger partial charge is 0.379 e. The normalized spacial score (nSPS) is 46.4. The van der Waals surface area contributed by atoms with Crippen LogP contribution >= 0.6 is 0 Å². The van der Waals surface area contributed by atoms with E-state index in [9.17, 15) is 0 Å². The first-order valence-electron chi connectivity index (χ1n) is 4.61. The molecule has 0 aromatic rings.